The van der Waals surface area contributed by atoms with Crippen LogP contribution < -0.4 is 10.6 Å². The summed E-state index contributed by atoms with van der Waals surface area (Å²) in [7, 11) is 0. The molecular formula is C28H28N4O3. The fourth-order valence-corrected chi connectivity index (χ4v) is 3.47. The molecule has 0 saturated carbocycles. The number of hydrogen-bond acceptors (Lipinski definition) is 5. The third-order valence-corrected chi connectivity index (χ3v) is 5.39. The molecule has 2 N–H and O–H groups in total. The van der Waals surface area contributed by atoms with Crippen LogP contribution in [0.1, 0.15) is 47.2 Å². The molecule has 0 radical (unpaired) electrons. The molecule has 35 heavy (non-hydrogen) atoms. The second kappa shape index (κ2) is 9.93. The summed E-state index contributed by atoms with van der Waals surface area (Å²) in [5, 5.41) is 9.86. The molecular weight excluding hydrogens is 440 g/mol. The van der Waals surface area contributed by atoms with Crippen molar-refractivity contribution in [3.05, 3.63) is 89.9 Å². The van der Waals surface area contributed by atoms with Gasteiger partial charge in [0.15, 0.2) is 0 Å². The zero-order valence-corrected chi connectivity index (χ0v) is 20.3. The Morgan fingerprint density at radius 3 is 2.43 bits per heavy atom. The van der Waals surface area contributed by atoms with Gasteiger partial charge in [-0.3, -0.25) is 14.6 Å². The average molecular weight is 469 g/mol. The van der Waals surface area contributed by atoms with E-state index in [4.69, 9.17) is 4.52 Å². The van der Waals surface area contributed by atoms with Crippen LogP contribution in [0.3, 0.4) is 0 Å². The third kappa shape index (κ3) is 6.00. The van der Waals surface area contributed by atoms with E-state index in [9.17, 15) is 9.59 Å². The number of carbonyl (C=O) groups is 2. The van der Waals surface area contributed by atoms with Gasteiger partial charge in [0, 0.05) is 41.8 Å². The molecule has 0 aliphatic rings. The van der Waals surface area contributed by atoms with Crippen LogP contribution in [0.25, 0.3) is 22.4 Å². The molecule has 0 saturated heterocycles. The molecule has 0 unspecified atom stereocenters. The highest BCUT2D eigenvalue weighted by atomic mass is 16.5. The lowest BCUT2D eigenvalue weighted by atomic mass is 9.97. The standard InChI is InChI=1S/C28H28N4O3/c1-18-10-11-22(13-23(18)24-14-25(35-32-24)27(34)30-17-28(2,3)4)31-26(33)21-12-20(15-29-16-21)19-8-6-5-7-9-19/h5-16H,17H2,1-4H3,(H,30,34)(H,31,33). The molecule has 7 nitrogen and oxygen atoms in total. The topological polar surface area (TPSA) is 97.1 Å². The van der Waals surface area contributed by atoms with Crippen molar-refractivity contribution in [1.29, 1.82) is 0 Å². The molecule has 2 amide bonds. The maximum atomic E-state index is 12.9. The largest absolute Gasteiger partial charge is 0.350 e. The maximum absolute atomic E-state index is 12.9. The van der Waals surface area contributed by atoms with Gasteiger partial charge in [0.1, 0.15) is 5.69 Å². The van der Waals surface area contributed by atoms with Crippen molar-refractivity contribution in [3.8, 4) is 22.4 Å². The van der Waals surface area contributed by atoms with Crippen molar-refractivity contribution in [3.63, 3.8) is 0 Å². The van der Waals surface area contributed by atoms with Gasteiger partial charge in [0.2, 0.25) is 5.76 Å². The number of rotatable bonds is 6. The maximum Gasteiger partial charge on any atom is 0.289 e. The minimum atomic E-state index is -0.313. The zero-order valence-electron chi connectivity index (χ0n) is 20.3. The van der Waals surface area contributed by atoms with E-state index < -0.39 is 0 Å². The third-order valence-electron chi connectivity index (χ3n) is 5.39. The second-order valence-electron chi connectivity index (χ2n) is 9.63. The molecule has 0 spiro atoms. The number of benzene rings is 2. The summed E-state index contributed by atoms with van der Waals surface area (Å²) < 4.78 is 5.29. The van der Waals surface area contributed by atoms with Crippen LogP contribution in [0.15, 0.2) is 77.6 Å². The first-order valence-corrected chi connectivity index (χ1v) is 11.4. The predicted molar refractivity (Wildman–Crippen MR) is 136 cm³/mol. The summed E-state index contributed by atoms with van der Waals surface area (Å²) in [5.74, 6) is -0.444. The van der Waals surface area contributed by atoms with Gasteiger partial charge < -0.3 is 15.2 Å². The minimum absolute atomic E-state index is 0.0439. The zero-order chi connectivity index (χ0) is 25.0. The predicted octanol–water partition coefficient (Wildman–Crippen LogP) is 5.74. The first-order valence-electron chi connectivity index (χ1n) is 11.4. The van der Waals surface area contributed by atoms with E-state index in [1.54, 1.807) is 12.3 Å². The number of aryl methyl sites for hydroxylation is 1. The van der Waals surface area contributed by atoms with Crippen LogP contribution in [-0.4, -0.2) is 28.5 Å². The fourth-order valence-electron chi connectivity index (χ4n) is 3.47. The Labute approximate surface area is 204 Å². The van der Waals surface area contributed by atoms with Crippen LogP contribution in [-0.2, 0) is 0 Å². The smallest absolute Gasteiger partial charge is 0.289 e. The molecule has 0 aliphatic carbocycles. The monoisotopic (exact) mass is 468 g/mol. The first kappa shape index (κ1) is 23.9. The Balaban J connectivity index is 1.51. The van der Waals surface area contributed by atoms with Gasteiger partial charge in [-0.1, -0.05) is 62.3 Å². The lowest BCUT2D eigenvalue weighted by Gasteiger charge is -2.17. The van der Waals surface area contributed by atoms with E-state index in [0.717, 1.165) is 22.3 Å². The minimum Gasteiger partial charge on any atom is -0.350 e. The first-order chi connectivity index (χ1) is 16.7. The van der Waals surface area contributed by atoms with Gasteiger partial charge in [-0.25, -0.2) is 0 Å². The Morgan fingerprint density at radius 1 is 0.914 bits per heavy atom. The number of pyridine rings is 1. The van der Waals surface area contributed by atoms with E-state index >= 15 is 0 Å². The highest BCUT2D eigenvalue weighted by molar-refractivity contribution is 6.05. The number of nitrogens with zero attached hydrogens (tertiary/aromatic N) is 2. The average Bonchev–Trinajstić information content (AvgIpc) is 3.34. The molecule has 4 rings (SSSR count). The lowest BCUT2D eigenvalue weighted by molar-refractivity contribution is 0.0902. The normalized spacial score (nSPS) is 11.2. The van der Waals surface area contributed by atoms with Crippen LogP contribution in [0, 0.1) is 12.3 Å². The van der Waals surface area contributed by atoms with E-state index in [1.807, 2.05) is 82.3 Å². The molecule has 0 aliphatic heterocycles. The molecule has 2 aromatic heterocycles. The van der Waals surface area contributed by atoms with E-state index in [2.05, 4.69) is 20.8 Å². The van der Waals surface area contributed by atoms with E-state index in [1.165, 1.54) is 6.20 Å². The molecule has 4 aromatic rings. The summed E-state index contributed by atoms with van der Waals surface area (Å²) in [6, 6.07) is 18.7. The summed E-state index contributed by atoms with van der Waals surface area (Å²) in [4.78, 5) is 29.6. The van der Waals surface area contributed by atoms with Crippen molar-refractivity contribution >= 4 is 17.5 Å². The van der Waals surface area contributed by atoms with Crippen molar-refractivity contribution in [1.82, 2.24) is 15.5 Å². The van der Waals surface area contributed by atoms with Gasteiger partial charge in [0.25, 0.3) is 11.8 Å². The second-order valence-corrected chi connectivity index (χ2v) is 9.63. The van der Waals surface area contributed by atoms with Gasteiger partial charge in [-0.2, -0.15) is 0 Å². The van der Waals surface area contributed by atoms with Crippen LogP contribution in [0.5, 0.6) is 0 Å². The Kier molecular flexibility index (Phi) is 6.78. The number of aromatic nitrogens is 2. The Hall–Kier alpha value is -4.26. The van der Waals surface area contributed by atoms with Gasteiger partial charge >= 0.3 is 0 Å². The molecule has 0 atom stereocenters. The molecule has 0 fully saturated rings. The van der Waals surface area contributed by atoms with Crippen LogP contribution >= 0.6 is 0 Å². The quantitative estimate of drug-likeness (QED) is 0.376. The number of amides is 2. The van der Waals surface area contributed by atoms with Crippen molar-refractivity contribution in [2.45, 2.75) is 27.7 Å². The van der Waals surface area contributed by atoms with Gasteiger partial charge in [0.05, 0.1) is 5.56 Å². The number of hydrogen-bond donors (Lipinski definition) is 2. The SMILES string of the molecule is Cc1ccc(NC(=O)c2cncc(-c3ccccc3)c2)cc1-c1cc(C(=O)NCC(C)(C)C)on1. The van der Waals surface area contributed by atoms with Crippen LogP contribution in [0.2, 0.25) is 0 Å². The molecule has 2 aromatic carbocycles. The molecule has 2 heterocycles. The summed E-state index contributed by atoms with van der Waals surface area (Å²) >= 11 is 0. The highest BCUT2D eigenvalue weighted by Crippen LogP contribution is 2.27. The summed E-state index contributed by atoms with van der Waals surface area (Å²) in [6.45, 7) is 8.56. The van der Waals surface area contributed by atoms with Crippen molar-refractivity contribution in [2.75, 3.05) is 11.9 Å². The lowest BCUT2D eigenvalue weighted by Crippen LogP contribution is -2.31. The number of anilines is 1. The van der Waals surface area contributed by atoms with Gasteiger partial charge in [-0.15, -0.1) is 0 Å². The molecule has 178 valence electrons. The van der Waals surface area contributed by atoms with E-state index in [-0.39, 0.29) is 23.0 Å². The van der Waals surface area contributed by atoms with Crippen molar-refractivity contribution < 1.29 is 14.1 Å². The molecule has 0 bridgehead atoms. The Morgan fingerprint density at radius 2 is 1.69 bits per heavy atom. The summed E-state index contributed by atoms with van der Waals surface area (Å²) in [5.41, 5.74) is 5.08. The Bertz CT molecular complexity index is 1350. The summed E-state index contributed by atoms with van der Waals surface area (Å²) in [6.07, 6.45) is 3.27. The van der Waals surface area contributed by atoms with Crippen LogP contribution in [0.4, 0.5) is 5.69 Å². The van der Waals surface area contributed by atoms with E-state index in [0.29, 0.717) is 23.5 Å². The number of nitrogens with one attached hydrogen (secondary N) is 2. The fraction of sp³-hybridized carbons (Fsp3) is 0.214. The molecule has 7 heteroatoms. The highest BCUT2D eigenvalue weighted by Gasteiger charge is 2.18. The van der Waals surface area contributed by atoms with Gasteiger partial charge in [-0.05, 0) is 41.7 Å². The van der Waals surface area contributed by atoms with Crippen molar-refractivity contribution in [2.24, 2.45) is 5.41 Å². The number of carbonyl (C=O) groups excluding carboxylic acids is 2.